The first-order valence-corrected chi connectivity index (χ1v) is 7.14. The van der Waals surface area contributed by atoms with Crippen LogP contribution in [0.2, 0.25) is 0 Å². The number of rotatable bonds is 4. The number of pyridine rings is 1. The molecule has 0 amide bonds. The molecule has 2 saturated carbocycles. The normalized spacial score (nSPS) is 30.1. The molecule has 1 heterocycles. The smallest absolute Gasteiger partial charge is 0.356 e. The van der Waals surface area contributed by atoms with Gasteiger partial charge in [0.25, 0.3) is 0 Å². The lowest BCUT2D eigenvalue weighted by molar-refractivity contribution is -0.143. The number of nitrogens with zero attached hydrogens (tertiary/aromatic N) is 1. The number of hydrogen-bond acceptors (Lipinski definition) is 5. The monoisotopic (exact) mass is 290 g/mol. The van der Waals surface area contributed by atoms with E-state index in [1.165, 1.54) is 13.3 Å². The van der Waals surface area contributed by atoms with E-state index >= 15 is 0 Å². The van der Waals surface area contributed by atoms with Crippen molar-refractivity contribution in [1.29, 1.82) is 0 Å². The number of carbonyl (C=O) groups excluding carboxylic acids is 1. The van der Waals surface area contributed by atoms with E-state index in [0.29, 0.717) is 11.6 Å². The van der Waals surface area contributed by atoms with Gasteiger partial charge < -0.3 is 15.2 Å². The summed E-state index contributed by atoms with van der Waals surface area (Å²) in [6.07, 6.45) is 4.58. The Bertz CT molecular complexity index is 575. The van der Waals surface area contributed by atoms with Crippen molar-refractivity contribution in [2.45, 2.75) is 25.3 Å². The van der Waals surface area contributed by atoms with Gasteiger partial charge in [-0.3, -0.25) is 4.79 Å². The van der Waals surface area contributed by atoms with Crippen LogP contribution in [0.25, 0.3) is 0 Å². The molecule has 0 saturated heterocycles. The Kier molecular flexibility index (Phi) is 3.53. The average Bonchev–Trinajstić information content (AvgIpc) is 3.07. The van der Waals surface area contributed by atoms with Crippen LogP contribution in [0.1, 0.15) is 29.8 Å². The summed E-state index contributed by atoms with van der Waals surface area (Å²) < 4.78 is 4.65. The van der Waals surface area contributed by atoms with Crippen LogP contribution in [0, 0.1) is 17.8 Å². The minimum absolute atomic E-state index is 0.0749. The number of hydrogen-bond donors (Lipinski definition) is 2. The van der Waals surface area contributed by atoms with E-state index in [4.69, 9.17) is 0 Å². The van der Waals surface area contributed by atoms with Gasteiger partial charge in [-0.15, -0.1) is 0 Å². The van der Waals surface area contributed by atoms with Crippen LogP contribution >= 0.6 is 0 Å². The fourth-order valence-electron chi connectivity index (χ4n) is 3.78. The molecule has 0 spiro atoms. The average molecular weight is 290 g/mol. The molecule has 21 heavy (non-hydrogen) atoms. The van der Waals surface area contributed by atoms with Crippen molar-refractivity contribution in [1.82, 2.24) is 4.98 Å². The molecule has 112 valence electrons. The van der Waals surface area contributed by atoms with E-state index < -0.39 is 11.9 Å². The van der Waals surface area contributed by atoms with Gasteiger partial charge in [-0.05, 0) is 43.2 Å². The summed E-state index contributed by atoms with van der Waals surface area (Å²) in [7, 11) is 1.31. The molecule has 2 aliphatic carbocycles. The third-order valence-electron chi connectivity index (χ3n) is 4.69. The molecule has 4 atom stereocenters. The largest absolute Gasteiger partial charge is 0.481 e. The Morgan fingerprint density at radius 3 is 2.86 bits per heavy atom. The van der Waals surface area contributed by atoms with Crippen molar-refractivity contribution in [2.24, 2.45) is 17.8 Å². The molecule has 3 rings (SSSR count). The molecule has 0 radical (unpaired) electrons. The van der Waals surface area contributed by atoms with E-state index in [0.717, 1.165) is 19.3 Å². The number of carbonyl (C=O) groups is 2. The molecule has 6 heteroatoms. The minimum Gasteiger partial charge on any atom is -0.481 e. The summed E-state index contributed by atoms with van der Waals surface area (Å²) in [5.41, 5.74) is 0.937. The second-order valence-electron chi connectivity index (χ2n) is 5.79. The highest BCUT2D eigenvalue weighted by atomic mass is 16.5. The van der Waals surface area contributed by atoms with Crippen LogP contribution in [-0.2, 0) is 9.53 Å². The number of anilines is 1. The summed E-state index contributed by atoms with van der Waals surface area (Å²) >= 11 is 0. The Balaban J connectivity index is 1.80. The summed E-state index contributed by atoms with van der Waals surface area (Å²) in [6, 6.07) is 3.28. The number of ether oxygens (including phenoxy) is 1. The van der Waals surface area contributed by atoms with Crippen LogP contribution in [-0.4, -0.2) is 35.2 Å². The number of fused-ring (bicyclic) bond motifs is 2. The van der Waals surface area contributed by atoms with Crippen molar-refractivity contribution in [2.75, 3.05) is 12.4 Å². The number of nitrogens with one attached hydrogen (secondary N) is 1. The number of carboxylic acids is 1. The van der Waals surface area contributed by atoms with Crippen molar-refractivity contribution < 1.29 is 19.4 Å². The lowest BCUT2D eigenvalue weighted by Gasteiger charge is -2.29. The molecular weight excluding hydrogens is 272 g/mol. The standard InChI is InChI=1S/C15H18N2O4/c1-21-15(20)11-7-10(4-5-16-11)17-13-9-3-2-8(6-9)12(13)14(18)19/h4-5,7-9,12-13H,2-3,6H2,1H3,(H,16,17)(H,18,19). The molecule has 2 bridgehead atoms. The van der Waals surface area contributed by atoms with Gasteiger partial charge in [0.05, 0.1) is 13.0 Å². The number of methoxy groups -OCH3 is 1. The van der Waals surface area contributed by atoms with E-state index in [9.17, 15) is 14.7 Å². The van der Waals surface area contributed by atoms with Gasteiger partial charge in [-0.25, -0.2) is 9.78 Å². The maximum absolute atomic E-state index is 11.5. The molecule has 0 aliphatic heterocycles. The van der Waals surface area contributed by atoms with Crippen LogP contribution in [0.15, 0.2) is 18.3 Å². The molecule has 1 aromatic rings. The van der Waals surface area contributed by atoms with Gasteiger partial charge in [-0.1, -0.05) is 0 Å². The molecule has 2 aliphatic rings. The van der Waals surface area contributed by atoms with Gasteiger partial charge in [0.15, 0.2) is 0 Å². The first-order valence-electron chi connectivity index (χ1n) is 7.14. The Morgan fingerprint density at radius 2 is 2.14 bits per heavy atom. The molecule has 6 nitrogen and oxygen atoms in total. The first kappa shape index (κ1) is 13.9. The first-order chi connectivity index (χ1) is 10.1. The quantitative estimate of drug-likeness (QED) is 0.822. The van der Waals surface area contributed by atoms with Crippen molar-refractivity contribution in [3.05, 3.63) is 24.0 Å². The SMILES string of the molecule is COC(=O)c1cc(NC2C3CCC(C3)C2C(=O)O)ccn1. The lowest BCUT2D eigenvalue weighted by Crippen LogP contribution is -2.39. The molecule has 2 fully saturated rings. The highest BCUT2D eigenvalue weighted by Gasteiger charge is 2.51. The molecule has 4 unspecified atom stereocenters. The van der Waals surface area contributed by atoms with Gasteiger partial charge in [0.2, 0.25) is 0 Å². The third kappa shape index (κ3) is 2.46. The number of aliphatic carboxylic acids is 1. The van der Waals surface area contributed by atoms with Gasteiger partial charge in [0.1, 0.15) is 5.69 Å². The number of esters is 1. The zero-order chi connectivity index (χ0) is 15.0. The van der Waals surface area contributed by atoms with Crippen LogP contribution in [0.3, 0.4) is 0 Å². The fourth-order valence-corrected chi connectivity index (χ4v) is 3.78. The predicted octanol–water partition coefficient (Wildman–Crippen LogP) is 1.78. The fraction of sp³-hybridized carbons (Fsp3) is 0.533. The minimum atomic E-state index is -0.734. The van der Waals surface area contributed by atoms with Crippen LogP contribution in [0.4, 0.5) is 5.69 Å². The Hall–Kier alpha value is -2.11. The Morgan fingerprint density at radius 1 is 1.38 bits per heavy atom. The van der Waals surface area contributed by atoms with Crippen LogP contribution in [0.5, 0.6) is 0 Å². The van der Waals surface area contributed by atoms with E-state index in [2.05, 4.69) is 15.0 Å². The second kappa shape index (κ2) is 5.35. The van der Waals surface area contributed by atoms with Gasteiger partial charge >= 0.3 is 11.9 Å². The number of aromatic nitrogens is 1. The second-order valence-corrected chi connectivity index (χ2v) is 5.79. The third-order valence-corrected chi connectivity index (χ3v) is 4.69. The highest BCUT2D eigenvalue weighted by molar-refractivity contribution is 5.88. The van der Waals surface area contributed by atoms with Crippen LogP contribution < -0.4 is 5.32 Å². The lowest BCUT2D eigenvalue weighted by atomic mass is 9.84. The van der Waals surface area contributed by atoms with E-state index in [1.807, 2.05) is 0 Å². The molecular formula is C15H18N2O4. The molecule has 0 aromatic carbocycles. The summed E-state index contributed by atoms with van der Waals surface area (Å²) in [5.74, 6) is -0.917. The maximum Gasteiger partial charge on any atom is 0.356 e. The summed E-state index contributed by atoms with van der Waals surface area (Å²) in [6.45, 7) is 0. The van der Waals surface area contributed by atoms with E-state index in [1.54, 1.807) is 12.1 Å². The van der Waals surface area contributed by atoms with Crippen molar-refractivity contribution in [3.63, 3.8) is 0 Å². The van der Waals surface area contributed by atoms with Gasteiger partial charge in [0, 0.05) is 17.9 Å². The zero-order valence-corrected chi connectivity index (χ0v) is 11.8. The molecule has 1 aromatic heterocycles. The summed E-state index contributed by atoms with van der Waals surface area (Å²) in [5, 5.41) is 12.7. The van der Waals surface area contributed by atoms with Crippen molar-refractivity contribution in [3.8, 4) is 0 Å². The zero-order valence-electron chi connectivity index (χ0n) is 11.8. The van der Waals surface area contributed by atoms with Gasteiger partial charge in [-0.2, -0.15) is 0 Å². The summed E-state index contributed by atoms with van der Waals surface area (Å²) in [4.78, 5) is 26.9. The highest BCUT2D eigenvalue weighted by Crippen LogP contribution is 2.49. The topological polar surface area (TPSA) is 88.5 Å². The Labute approximate surface area is 122 Å². The van der Waals surface area contributed by atoms with E-state index in [-0.39, 0.29) is 23.6 Å². The predicted molar refractivity (Wildman–Crippen MR) is 74.9 cm³/mol. The van der Waals surface area contributed by atoms with Crippen molar-refractivity contribution >= 4 is 17.6 Å². The maximum atomic E-state index is 11.5. The molecule has 2 N–H and O–H groups in total. The number of carboxylic acid groups (broad SMARTS) is 1.